The normalized spacial score (nSPS) is 12.5. The van der Waals surface area contributed by atoms with Gasteiger partial charge in [0.1, 0.15) is 0 Å². The lowest BCUT2D eigenvalue weighted by atomic mass is 9.96. The summed E-state index contributed by atoms with van der Waals surface area (Å²) < 4.78 is 36.8. The van der Waals surface area contributed by atoms with Gasteiger partial charge in [0.25, 0.3) is 0 Å². The minimum absolute atomic E-state index is 0.00926. The van der Waals surface area contributed by atoms with Crippen molar-refractivity contribution in [2.45, 2.75) is 65.5 Å². The summed E-state index contributed by atoms with van der Waals surface area (Å²) in [5.41, 5.74) is 10.6. The number of nitrogens with two attached hydrogens (primary N) is 2. The Balaban J connectivity index is 0. The van der Waals surface area contributed by atoms with Crippen LogP contribution in [0.4, 0.5) is 13.2 Å². The number of hydrogen-bond acceptors (Lipinski definition) is 3. The zero-order valence-corrected chi connectivity index (χ0v) is 19.2. The SMILES string of the molecule is CC(C)C.CC(C)C(=C/N)/C(=C\N)C(F)(F)F.CSc1ccccc1C(C)C. The van der Waals surface area contributed by atoms with Crippen LogP contribution in [0.1, 0.15) is 59.9 Å². The van der Waals surface area contributed by atoms with E-state index in [2.05, 4.69) is 65.1 Å². The van der Waals surface area contributed by atoms with E-state index in [4.69, 9.17) is 11.5 Å². The molecule has 4 N–H and O–H groups in total. The third-order valence-corrected chi connectivity index (χ3v) is 4.16. The van der Waals surface area contributed by atoms with Crippen LogP contribution in [-0.4, -0.2) is 12.4 Å². The number of rotatable bonds is 4. The van der Waals surface area contributed by atoms with E-state index in [9.17, 15) is 13.2 Å². The van der Waals surface area contributed by atoms with E-state index in [0.29, 0.717) is 12.1 Å². The van der Waals surface area contributed by atoms with Crippen LogP contribution in [-0.2, 0) is 0 Å². The van der Waals surface area contributed by atoms with Crippen molar-refractivity contribution < 1.29 is 13.2 Å². The van der Waals surface area contributed by atoms with Gasteiger partial charge in [0.15, 0.2) is 0 Å². The van der Waals surface area contributed by atoms with E-state index in [-0.39, 0.29) is 11.5 Å². The summed E-state index contributed by atoms with van der Waals surface area (Å²) in [7, 11) is 0. The molecule has 0 heterocycles. The second kappa shape index (κ2) is 14.4. The van der Waals surface area contributed by atoms with E-state index in [1.165, 1.54) is 10.5 Å². The van der Waals surface area contributed by atoms with Crippen LogP contribution >= 0.6 is 11.8 Å². The van der Waals surface area contributed by atoms with Crippen LogP contribution in [0.5, 0.6) is 0 Å². The molecule has 2 nitrogen and oxygen atoms in total. The lowest BCUT2D eigenvalue weighted by Crippen LogP contribution is -2.18. The smallest absolute Gasteiger partial charge is 0.404 e. The van der Waals surface area contributed by atoms with Gasteiger partial charge in [-0.05, 0) is 47.4 Å². The standard InChI is InChI=1S/C10H14S.C8H13F3N2.C4H10/c1-8(2)9-6-4-5-7-10(9)11-3;1-5(2)6(3-12)7(4-13)8(9,10)11;1-4(2)3/h4-8H,1-3H3;3-5H,12-13H2,1-2H3;4H,1-3H3/b;6-3-,7-4+;. The molecule has 0 amide bonds. The fourth-order valence-corrected chi connectivity index (χ4v) is 2.85. The van der Waals surface area contributed by atoms with Gasteiger partial charge in [-0.2, -0.15) is 13.2 Å². The van der Waals surface area contributed by atoms with Crippen LogP contribution in [0, 0.1) is 11.8 Å². The highest BCUT2D eigenvalue weighted by atomic mass is 32.2. The van der Waals surface area contributed by atoms with Crippen LogP contribution in [0.2, 0.25) is 0 Å². The Morgan fingerprint density at radius 1 is 0.929 bits per heavy atom. The van der Waals surface area contributed by atoms with Gasteiger partial charge in [0.2, 0.25) is 0 Å². The van der Waals surface area contributed by atoms with E-state index in [1.807, 2.05) is 11.8 Å². The molecule has 0 saturated heterocycles. The van der Waals surface area contributed by atoms with Gasteiger partial charge in [-0.3, -0.25) is 0 Å². The molecule has 0 aliphatic carbocycles. The summed E-state index contributed by atoms with van der Waals surface area (Å²) in [6, 6.07) is 8.59. The van der Waals surface area contributed by atoms with E-state index >= 15 is 0 Å². The summed E-state index contributed by atoms with van der Waals surface area (Å²) in [5, 5.41) is 0. The predicted molar refractivity (Wildman–Crippen MR) is 118 cm³/mol. The lowest BCUT2D eigenvalue weighted by molar-refractivity contribution is -0.0902. The molecular formula is C22H37F3N2S. The lowest BCUT2D eigenvalue weighted by Gasteiger charge is -2.16. The molecule has 0 atom stereocenters. The fourth-order valence-electron chi connectivity index (χ4n) is 2.09. The third-order valence-electron chi connectivity index (χ3n) is 3.35. The largest absolute Gasteiger partial charge is 0.418 e. The van der Waals surface area contributed by atoms with Gasteiger partial charge in [-0.15, -0.1) is 11.8 Å². The second-order valence-corrected chi connectivity index (χ2v) is 8.33. The van der Waals surface area contributed by atoms with Gasteiger partial charge < -0.3 is 11.5 Å². The maximum atomic E-state index is 12.3. The number of alkyl halides is 3. The maximum absolute atomic E-state index is 12.3. The van der Waals surface area contributed by atoms with E-state index < -0.39 is 11.7 Å². The van der Waals surface area contributed by atoms with Crippen molar-refractivity contribution in [3.05, 3.63) is 53.4 Å². The Bertz CT molecular complexity index is 601. The molecule has 0 aliphatic rings. The summed E-state index contributed by atoms with van der Waals surface area (Å²) >= 11 is 1.82. The molecule has 6 heteroatoms. The number of halogens is 3. The highest BCUT2D eigenvalue weighted by Gasteiger charge is 2.36. The molecule has 0 radical (unpaired) electrons. The van der Waals surface area contributed by atoms with Gasteiger partial charge in [-0.25, -0.2) is 0 Å². The second-order valence-electron chi connectivity index (χ2n) is 7.48. The Morgan fingerprint density at radius 2 is 1.39 bits per heavy atom. The molecule has 28 heavy (non-hydrogen) atoms. The van der Waals surface area contributed by atoms with Gasteiger partial charge in [0.05, 0.1) is 5.57 Å². The molecule has 0 saturated carbocycles. The van der Waals surface area contributed by atoms with E-state index in [0.717, 1.165) is 12.1 Å². The van der Waals surface area contributed by atoms with Crippen molar-refractivity contribution in [2.24, 2.45) is 23.3 Å². The average molecular weight is 419 g/mol. The molecule has 1 aromatic carbocycles. The monoisotopic (exact) mass is 418 g/mol. The molecule has 1 rings (SSSR count). The highest BCUT2D eigenvalue weighted by Crippen LogP contribution is 2.33. The summed E-state index contributed by atoms with van der Waals surface area (Å²) in [6.07, 6.45) is -0.832. The fraction of sp³-hybridized carbons (Fsp3) is 0.545. The maximum Gasteiger partial charge on any atom is 0.418 e. The van der Waals surface area contributed by atoms with Gasteiger partial charge in [0, 0.05) is 11.1 Å². The third kappa shape index (κ3) is 12.0. The van der Waals surface area contributed by atoms with Crippen molar-refractivity contribution >= 4 is 11.8 Å². The first-order valence-electron chi connectivity index (χ1n) is 9.37. The average Bonchev–Trinajstić information content (AvgIpc) is 2.57. The Morgan fingerprint density at radius 3 is 1.61 bits per heavy atom. The Hall–Kier alpha value is -1.56. The predicted octanol–water partition coefficient (Wildman–Crippen LogP) is 7.08. The molecular weight excluding hydrogens is 381 g/mol. The first kappa shape index (κ1) is 28.6. The first-order valence-corrected chi connectivity index (χ1v) is 10.6. The molecule has 0 unspecified atom stereocenters. The summed E-state index contributed by atoms with van der Waals surface area (Å²) in [5.74, 6) is 1.17. The number of allylic oxidation sites excluding steroid dienone is 2. The van der Waals surface area contributed by atoms with Crippen molar-refractivity contribution in [3.63, 3.8) is 0 Å². The zero-order valence-electron chi connectivity index (χ0n) is 18.4. The van der Waals surface area contributed by atoms with Crippen LogP contribution in [0.3, 0.4) is 0 Å². The molecule has 162 valence electrons. The highest BCUT2D eigenvalue weighted by molar-refractivity contribution is 7.98. The first-order chi connectivity index (χ1) is 12.8. The summed E-state index contributed by atoms with van der Waals surface area (Å²) in [6.45, 7) is 14.2. The topological polar surface area (TPSA) is 52.0 Å². The quantitative estimate of drug-likeness (QED) is 0.405. The number of thioether (sulfide) groups is 1. The van der Waals surface area contributed by atoms with Gasteiger partial charge >= 0.3 is 6.18 Å². The van der Waals surface area contributed by atoms with Crippen molar-refractivity contribution in [1.82, 2.24) is 0 Å². The Kier molecular flexibility index (Phi) is 14.8. The van der Waals surface area contributed by atoms with Crippen molar-refractivity contribution in [3.8, 4) is 0 Å². The molecule has 0 aliphatic heterocycles. The minimum Gasteiger partial charge on any atom is -0.404 e. The zero-order chi connectivity index (χ0) is 22.5. The number of hydrogen-bond donors (Lipinski definition) is 2. The molecule has 0 aromatic heterocycles. The molecule has 0 bridgehead atoms. The molecule has 1 aromatic rings. The molecule has 0 spiro atoms. The Labute approximate surface area is 173 Å². The number of benzene rings is 1. The van der Waals surface area contributed by atoms with Crippen LogP contribution in [0.25, 0.3) is 0 Å². The summed E-state index contributed by atoms with van der Waals surface area (Å²) in [4.78, 5) is 1.41. The van der Waals surface area contributed by atoms with E-state index in [1.54, 1.807) is 13.8 Å². The molecule has 0 fully saturated rings. The van der Waals surface area contributed by atoms with Crippen LogP contribution < -0.4 is 11.5 Å². The minimum atomic E-state index is -4.44. The van der Waals surface area contributed by atoms with Crippen molar-refractivity contribution in [1.29, 1.82) is 0 Å². The van der Waals surface area contributed by atoms with Gasteiger partial charge in [-0.1, -0.05) is 66.7 Å². The van der Waals surface area contributed by atoms with Crippen molar-refractivity contribution in [2.75, 3.05) is 6.26 Å². The van der Waals surface area contributed by atoms with Crippen LogP contribution in [0.15, 0.2) is 52.7 Å².